The molecule has 1 saturated heterocycles. The standard InChI is InChI=1S/C18H23NO5/c1-12-8-9-18(17(2,3)24-18)13(10-12)11-16(20)23-15-6-4-14(5-7-15)19(21)22/h4-7,12-13H,8-11H2,1-3H3/t12-,13+,18-/m0/s1. The van der Waals surface area contributed by atoms with E-state index < -0.39 is 4.92 Å². The number of rotatable bonds is 4. The van der Waals surface area contributed by atoms with Gasteiger partial charge in [0, 0.05) is 18.1 Å². The van der Waals surface area contributed by atoms with Crippen LogP contribution in [0.1, 0.15) is 46.5 Å². The highest BCUT2D eigenvalue weighted by Crippen LogP contribution is 2.60. The first-order chi connectivity index (χ1) is 11.2. The first-order valence-electron chi connectivity index (χ1n) is 8.39. The maximum absolute atomic E-state index is 12.3. The maximum atomic E-state index is 12.3. The molecule has 2 aliphatic rings. The summed E-state index contributed by atoms with van der Waals surface area (Å²) in [7, 11) is 0. The van der Waals surface area contributed by atoms with Gasteiger partial charge in [-0.15, -0.1) is 0 Å². The van der Waals surface area contributed by atoms with E-state index in [0.29, 0.717) is 18.1 Å². The number of nitro groups is 1. The van der Waals surface area contributed by atoms with Gasteiger partial charge in [0.05, 0.1) is 16.9 Å². The quantitative estimate of drug-likeness (QED) is 0.275. The molecule has 0 amide bonds. The summed E-state index contributed by atoms with van der Waals surface area (Å²) in [6.07, 6.45) is 3.37. The summed E-state index contributed by atoms with van der Waals surface area (Å²) in [6.45, 7) is 6.37. The minimum Gasteiger partial charge on any atom is -0.427 e. The van der Waals surface area contributed by atoms with Crippen LogP contribution >= 0.6 is 0 Å². The van der Waals surface area contributed by atoms with Gasteiger partial charge in [0.15, 0.2) is 0 Å². The van der Waals surface area contributed by atoms with Crippen LogP contribution in [0.25, 0.3) is 0 Å². The van der Waals surface area contributed by atoms with Crippen LogP contribution in [0.15, 0.2) is 24.3 Å². The van der Waals surface area contributed by atoms with Gasteiger partial charge in [-0.2, -0.15) is 0 Å². The molecule has 0 unspecified atom stereocenters. The van der Waals surface area contributed by atoms with Crippen molar-refractivity contribution in [3.63, 3.8) is 0 Å². The van der Waals surface area contributed by atoms with Gasteiger partial charge >= 0.3 is 5.97 Å². The Kier molecular flexibility index (Phi) is 4.11. The van der Waals surface area contributed by atoms with Crippen molar-refractivity contribution in [1.29, 1.82) is 0 Å². The predicted molar refractivity (Wildman–Crippen MR) is 87.7 cm³/mol. The van der Waals surface area contributed by atoms with Crippen molar-refractivity contribution in [3.8, 4) is 5.75 Å². The smallest absolute Gasteiger partial charge is 0.311 e. The zero-order valence-electron chi connectivity index (χ0n) is 14.3. The molecule has 3 rings (SSSR count). The molecule has 0 aromatic heterocycles. The highest BCUT2D eigenvalue weighted by Gasteiger charge is 2.68. The number of hydrogen-bond donors (Lipinski definition) is 0. The maximum Gasteiger partial charge on any atom is 0.311 e. The van der Waals surface area contributed by atoms with E-state index in [2.05, 4.69) is 20.8 Å². The molecule has 1 aromatic rings. The average molecular weight is 333 g/mol. The molecule has 3 atom stereocenters. The normalized spacial score (nSPS) is 30.8. The van der Waals surface area contributed by atoms with E-state index in [1.807, 2.05) is 0 Å². The van der Waals surface area contributed by atoms with Crippen molar-refractivity contribution in [3.05, 3.63) is 34.4 Å². The van der Waals surface area contributed by atoms with Crippen LogP contribution in [0.4, 0.5) is 5.69 Å². The number of esters is 1. The zero-order chi connectivity index (χ0) is 17.5. The third kappa shape index (κ3) is 3.02. The molecule has 0 radical (unpaired) electrons. The number of non-ortho nitro benzene ring substituents is 1. The van der Waals surface area contributed by atoms with Crippen molar-refractivity contribution in [2.24, 2.45) is 11.8 Å². The predicted octanol–water partition coefficient (Wildman–Crippen LogP) is 3.87. The monoisotopic (exact) mass is 333 g/mol. The molecule has 130 valence electrons. The van der Waals surface area contributed by atoms with Gasteiger partial charge < -0.3 is 9.47 Å². The lowest BCUT2D eigenvalue weighted by molar-refractivity contribution is -0.384. The molecule has 1 heterocycles. The first-order valence-corrected chi connectivity index (χ1v) is 8.39. The Hall–Kier alpha value is -1.95. The van der Waals surface area contributed by atoms with E-state index in [4.69, 9.17) is 9.47 Å². The van der Waals surface area contributed by atoms with Crippen LogP contribution in [0.2, 0.25) is 0 Å². The fourth-order valence-electron chi connectivity index (χ4n) is 4.07. The lowest BCUT2D eigenvalue weighted by Gasteiger charge is -2.34. The Morgan fingerprint density at radius 3 is 2.54 bits per heavy atom. The van der Waals surface area contributed by atoms with E-state index in [1.54, 1.807) is 0 Å². The number of nitrogens with zero attached hydrogens (tertiary/aromatic N) is 1. The highest BCUT2D eigenvalue weighted by atomic mass is 16.6. The van der Waals surface area contributed by atoms with Crippen molar-refractivity contribution < 1.29 is 19.2 Å². The lowest BCUT2D eigenvalue weighted by atomic mass is 9.68. The topological polar surface area (TPSA) is 82.0 Å². The Bertz CT molecular complexity index is 654. The summed E-state index contributed by atoms with van der Waals surface area (Å²) in [5.74, 6) is 0.753. The summed E-state index contributed by atoms with van der Waals surface area (Å²) in [6, 6.07) is 5.57. The number of ether oxygens (including phenoxy) is 2. The van der Waals surface area contributed by atoms with Gasteiger partial charge in [0.1, 0.15) is 11.4 Å². The van der Waals surface area contributed by atoms with Crippen LogP contribution in [-0.4, -0.2) is 22.1 Å². The summed E-state index contributed by atoms with van der Waals surface area (Å²) >= 11 is 0. The second-order valence-electron chi connectivity index (χ2n) is 7.51. The second-order valence-corrected chi connectivity index (χ2v) is 7.51. The van der Waals surface area contributed by atoms with Crippen LogP contribution in [-0.2, 0) is 9.53 Å². The van der Waals surface area contributed by atoms with E-state index in [0.717, 1.165) is 19.3 Å². The van der Waals surface area contributed by atoms with Crippen molar-refractivity contribution in [2.45, 2.75) is 57.7 Å². The van der Waals surface area contributed by atoms with E-state index in [1.165, 1.54) is 24.3 Å². The third-order valence-corrected chi connectivity index (χ3v) is 5.46. The van der Waals surface area contributed by atoms with Crippen LogP contribution < -0.4 is 4.74 Å². The molecular weight excluding hydrogens is 310 g/mol. The number of benzene rings is 1. The van der Waals surface area contributed by atoms with Gasteiger partial charge in [0.2, 0.25) is 0 Å². The van der Waals surface area contributed by atoms with Gasteiger partial charge in [-0.05, 0) is 51.2 Å². The second kappa shape index (κ2) is 5.84. The highest BCUT2D eigenvalue weighted by molar-refractivity contribution is 5.73. The molecule has 0 N–H and O–H groups in total. The molecule has 1 aromatic carbocycles. The van der Waals surface area contributed by atoms with Gasteiger partial charge in [0.25, 0.3) is 5.69 Å². The molecular formula is C18H23NO5. The Labute approximate surface area is 141 Å². The molecule has 6 nitrogen and oxygen atoms in total. The molecule has 6 heteroatoms. The van der Waals surface area contributed by atoms with Gasteiger partial charge in [-0.25, -0.2) is 0 Å². The van der Waals surface area contributed by atoms with E-state index in [9.17, 15) is 14.9 Å². The van der Waals surface area contributed by atoms with Crippen LogP contribution in [0.3, 0.4) is 0 Å². The molecule has 1 aliphatic heterocycles. The first kappa shape index (κ1) is 16.9. The van der Waals surface area contributed by atoms with Crippen molar-refractivity contribution >= 4 is 11.7 Å². The minimum absolute atomic E-state index is 0.0250. The Morgan fingerprint density at radius 1 is 1.38 bits per heavy atom. The summed E-state index contributed by atoms with van der Waals surface area (Å²) in [5.41, 5.74) is -0.401. The fourth-order valence-corrected chi connectivity index (χ4v) is 4.07. The van der Waals surface area contributed by atoms with Crippen LogP contribution in [0, 0.1) is 22.0 Å². The Balaban J connectivity index is 1.64. The van der Waals surface area contributed by atoms with Gasteiger partial charge in [-0.3, -0.25) is 14.9 Å². The third-order valence-electron chi connectivity index (χ3n) is 5.46. The number of hydrogen-bond acceptors (Lipinski definition) is 5. The molecule has 24 heavy (non-hydrogen) atoms. The molecule has 1 spiro atoms. The van der Waals surface area contributed by atoms with Gasteiger partial charge in [-0.1, -0.05) is 6.92 Å². The average Bonchev–Trinajstić information content (AvgIpc) is 3.06. The van der Waals surface area contributed by atoms with E-state index >= 15 is 0 Å². The van der Waals surface area contributed by atoms with Crippen LogP contribution in [0.5, 0.6) is 5.75 Å². The molecule has 2 fully saturated rings. The summed E-state index contributed by atoms with van der Waals surface area (Å²) in [5, 5.41) is 10.7. The molecule has 1 saturated carbocycles. The number of carbonyl (C=O) groups excluding carboxylic acids is 1. The van der Waals surface area contributed by atoms with Crippen molar-refractivity contribution in [2.75, 3.05) is 0 Å². The molecule has 1 aliphatic carbocycles. The fraction of sp³-hybridized carbons (Fsp3) is 0.611. The number of carbonyl (C=O) groups is 1. The molecule has 0 bridgehead atoms. The zero-order valence-corrected chi connectivity index (χ0v) is 14.3. The number of nitro benzene ring substituents is 1. The SMILES string of the molecule is C[C@H]1CC[C@]2(OC2(C)C)[C@@H](CC(=O)Oc2ccc([N+](=O)[O-])cc2)C1. The number of epoxide rings is 1. The van der Waals surface area contributed by atoms with E-state index in [-0.39, 0.29) is 28.8 Å². The largest absolute Gasteiger partial charge is 0.427 e. The summed E-state index contributed by atoms with van der Waals surface area (Å²) in [4.78, 5) is 22.5. The lowest BCUT2D eigenvalue weighted by Crippen LogP contribution is -2.38. The Morgan fingerprint density at radius 2 is 2.00 bits per heavy atom. The van der Waals surface area contributed by atoms with Crippen molar-refractivity contribution in [1.82, 2.24) is 0 Å². The minimum atomic E-state index is -0.481. The summed E-state index contributed by atoms with van der Waals surface area (Å²) < 4.78 is 11.4.